The SMILES string of the molecule is COC(=O)N[C@H](C(=O)N[C@@H](Cc1ccc(C#Cc2cnc(N3CC4CCC(C3)N4C3COC3)nc2)cc1)[C@H](CN(Cc1c(F)cc(-c2ccn(C(F)F)n2)cc1F)NC(=O)[C@@H](NC(=O)OC)C(C)(C)C(F)(F)F)OC(=O)OCOP(=O)(O)O)C(C)(C)C(F)(F)F. The van der Waals surface area contributed by atoms with Gasteiger partial charge in [0.2, 0.25) is 18.6 Å². The number of alkyl halides is 8. The summed E-state index contributed by atoms with van der Waals surface area (Å²) in [5.74, 6) is -0.305. The first-order chi connectivity index (χ1) is 42.1. The van der Waals surface area contributed by atoms with Crippen LogP contribution in [0.15, 0.2) is 61.1 Å². The average Bonchev–Trinajstić information content (AvgIpc) is 1.58. The third-order valence-electron chi connectivity index (χ3n) is 15.3. The first-order valence-electron chi connectivity index (χ1n) is 27.2. The highest BCUT2D eigenvalue weighted by molar-refractivity contribution is 7.46. The minimum atomic E-state index is -5.43. The predicted molar refractivity (Wildman–Crippen MR) is 291 cm³/mol. The van der Waals surface area contributed by atoms with Crippen molar-refractivity contribution in [1.82, 2.24) is 51.0 Å². The van der Waals surface area contributed by atoms with Gasteiger partial charge in [-0.1, -0.05) is 24.0 Å². The van der Waals surface area contributed by atoms with E-state index in [1.165, 1.54) is 36.7 Å². The van der Waals surface area contributed by atoms with Crippen molar-refractivity contribution < 1.29 is 110 Å². The van der Waals surface area contributed by atoms with Crippen LogP contribution in [0.2, 0.25) is 0 Å². The molecule has 0 saturated carbocycles. The van der Waals surface area contributed by atoms with Gasteiger partial charge < -0.3 is 54.3 Å². The Balaban J connectivity index is 1.28. The van der Waals surface area contributed by atoms with Crippen molar-refractivity contribution in [3.63, 3.8) is 0 Å². The Bertz CT molecular complexity index is 3290. The van der Waals surface area contributed by atoms with E-state index in [0.717, 1.165) is 52.4 Å². The van der Waals surface area contributed by atoms with Gasteiger partial charge in [0, 0.05) is 67.0 Å². The number of anilines is 1. The van der Waals surface area contributed by atoms with Gasteiger partial charge in [-0.2, -0.15) is 40.2 Å². The van der Waals surface area contributed by atoms with Gasteiger partial charge in [0.25, 0.3) is 5.91 Å². The van der Waals surface area contributed by atoms with Crippen LogP contribution >= 0.6 is 7.82 Å². The number of phosphoric acid groups is 1. The zero-order chi connectivity index (χ0) is 66.3. The fourth-order valence-electron chi connectivity index (χ4n) is 9.96. The molecule has 4 aromatic rings. The van der Waals surface area contributed by atoms with Gasteiger partial charge in [-0.05, 0) is 82.9 Å². The topological polar surface area (TPSA) is 300 Å². The number of hydrazine groups is 1. The molecule has 2 aromatic heterocycles. The van der Waals surface area contributed by atoms with Crippen molar-refractivity contribution >= 4 is 43.9 Å². The van der Waals surface area contributed by atoms with Crippen LogP contribution in [0.25, 0.3) is 11.3 Å². The predicted octanol–water partition coefficient (Wildman–Crippen LogP) is 6.24. The van der Waals surface area contributed by atoms with E-state index in [0.29, 0.717) is 93.3 Å². The van der Waals surface area contributed by atoms with Gasteiger partial charge in [0.1, 0.15) is 29.8 Å². The van der Waals surface area contributed by atoms with Gasteiger partial charge in [-0.3, -0.25) is 19.9 Å². The Hall–Kier alpha value is -7.87. The third kappa shape index (κ3) is 17.3. The summed E-state index contributed by atoms with van der Waals surface area (Å²) in [5.41, 5.74) is -5.64. The summed E-state index contributed by atoms with van der Waals surface area (Å²) < 4.78 is 189. The van der Waals surface area contributed by atoms with Gasteiger partial charge in [0.05, 0.1) is 68.1 Å². The number of hydrogen-bond donors (Lipinski definition) is 6. The van der Waals surface area contributed by atoms with Crippen LogP contribution in [-0.4, -0.2) is 178 Å². The third-order valence-corrected chi connectivity index (χ3v) is 15.7. The lowest BCUT2D eigenvalue weighted by atomic mass is 9.82. The number of nitrogens with one attached hydrogen (secondary N) is 4. The molecule has 3 aliphatic rings. The number of amides is 4. The molecule has 2 unspecified atom stereocenters. The van der Waals surface area contributed by atoms with Gasteiger partial charge in [0.15, 0.2) is 0 Å². The van der Waals surface area contributed by atoms with Crippen molar-refractivity contribution in [2.75, 3.05) is 58.8 Å². The fraction of sp³-hybridized carbons (Fsp3) is 0.519. The lowest BCUT2D eigenvalue weighted by molar-refractivity contribution is -0.221. The van der Waals surface area contributed by atoms with Crippen LogP contribution in [0, 0.1) is 34.3 Å². The summed E-state index contributed by atoms with van der Waals surface area (Å²) in [6, 6.07) is 1.28. The molecule has 36 heteroatoms. The van der Waals surface area contributed by atoms with Crippen molar-refractivity contribution in [2.45, 2.75) is 115 Å². The first-order valence-corrected chi connectivity index (χ1v) is 28.7. The molecule has 0 spiro atoms. The highest BCUT2D eigenvalue weighted by atomic mass is 31.2. The number of aromatic nitrogens is 4. The number of benzene rings is 2. The van der Waals surface area contributed by atoms with E-state index in [1.54, 1.807) is 10.6 Å². The number of carbonyl (C=O) groups excluding carboxylic acids is 5. The quantitative estimate of drug-likeness (QED) is 0.00911. The zero-order valence-corrected chi connectivity index (χ0v) is 49.5. The molecule has 6 N–H and O–H groups in total. The molecule has 2 bridgehead atoms. The Morgan fingerprint density at radius 1 is 0.789 bits per heavy atom. The van der Waals surface area contributed by atoms with Crippen LogP contribution in [0.5, 0.6) is 0 Å². The smallest absolute Gasteiger partial charge is 0.453 e. The van der Waals surface area contributed by atoms with Gasteiger partial charge in [-0.15, -0.1) is 0 Å². The van der Waals surface area contributed by atoms with E-state index in [-0.39, 0.29) is 10.2 Å². The van der Waals surface area contributed by atoms with Crippen molar-refractivity contribution in [1.29, 1.82) is 0 Å². The standard InChI is InChI=1S/C54H62F10N11O14P/c1-51(2,53(59,60)61)42(68-48(78)84-5)44(76)67-40(17-30-10-7-29(8-11-30)9-12-31-20-65-47(66-21-31)72-22-33-13-14-34(23-72)75(33)35-26-86-27-35)41(89-50(80)87-28-88-90(81,82)83)25-73(71-45(77)43(69-49(79)85-6)52(3,4)54(62,63)64)24-36-37(55)18-32(19-38(36)56)39-15-16-74(70-39)46(57)58/h7-8,10-11,15-16,18-21,33-35,40-43,46H,13-14,17,22-28H2,1-6H3,(H,67,76)(H,68,78)(H,69,79)(H,71,77)(H2,81,82,83)/t33?,34?,40-,41-,42+,43+/m0/s1. The summed E-state index contributed by atoms with van der Waals surface area (Å²) in [5, 5.41) is 9.66. The Labute approximate surface area is 506 Å². The zero-order valence-electron chi connectivity index (χ0n) is 48.6. The fourth-order valence-corrected chi connectivity index (χ4v) is 10.2. The molecular formula is C54H62F10N11O14P. The lowest BCUT2D eigenvalue weighted by Crippen LogP contribution is -2.64. The molecule has 3 aliphatic heterocycles. The number of methoxy groups -OCH3 is 2. The molecule has 90 heavy (non-hydrogen) atoms. The second kappa shape index (κ2) is 28.5. The minimum absolute atomic E-state index is 0.0867. The molecule has 5 heterocycles. The summed E-state index contributed by atoms with van der Waals surface area (Å²) in [4.78, 5) is 99.8. The van der Waals surface area contributed by atoms with Crippen LogP contribution in [0.4, 0.5) is 64.2 Å². The highest BCUT2D eigenvalue weighted by Crippen LogP contribution is 2.43. The van der Waals surface area contributed by atoms with E-state index in [2.05, 4.69) is 60.8 Å². The molecule has 492 valence electrons. The number of carbonyl (C=O) groups is 5. The summed E-state index contributed by atoms with van der Waals surface area (Å²) in [7, 11) is -3.96. The number of rotatable bonds is 23. The average molecular weight is 1310 g/mol. The van der Waals surface area contributed by atoms with E-state index in [4.69, 9.17) is 9.47 Å². The largest absolute Gasteiger partial charge is 0.510 e. The van der Waals surface area contributed by atoms with Crippen molar-refractivity contribution in [3.05, 3.63) is 94.9 Å². The molecule has 7 rings (SSSR count). The monoisotopic (exact) mass is 1310 g/mol. The molecule has 3 fully saturated rings. The van der Waals surface area contributed by atoms with E-state index in [1.807, 2.05) is 5.43 Å². The number of phosphoric ester groups is 1. The molecule has 0 radical (unpaired) electrons. The summed E-state index contributed by atoms with van der Waals surface area (Å²) in [6.45, 7) is -2.74. The van der Waals surface area contributed by atoms with Crippen LogP contribution in [0.1, 0.15) is 69.3 Å². The number of piperazine rings is 1. The minimum Gasteiger partial charge on any atom is -0.453 e. The number of hydrogen-bond acceptors (Lipinski definition) is 18. The molecule has 25 nitrogen and oxygen atoms in total. The van der Waals surface area contributed by atoms with E-state index < -0.39 is 147 Å². The summed E-state index contributed by atoms with van der Waals surface area (Å²) in [6.07, 6.45) is -13.0. The Kier molecular flexibility index (Phi) is 22.1. The number of nitrogens with zero attached hydrogens (tertiary/aromatic N) is 7. The summed E-state index contributed by atoms with van der Waals surface area (Å²) >= 11 is 0. The second-order valence-corrected chi connectivity index (χ2v) is 23.3. The van der Waals surface area contributed by atoms with E-state index >= 15 is 8.78 Å². The van der Waals surface area contributed by atoms with E-state index in [9.17, 15) is 73.4 Å². The molecular weight excluding hydrogens is 1250 g/mol. The van der Waals surface area contributed by atoms with Crippen molar-refractivity contribution in [3.8, 4) is 23.1 Å². The number of fused-ring (bicyclic) bond motifs is 2. The molecule has 4 amide bonds. The maximum atomic E-state index is 16.4. The number of ether oxygens (including phenoxy) is 5. The Morgan fingerprint density at radius 3 is 1.82 bits per heavy atom. The maximum absolute atomic E-state index is 16.4. The van der Waals surface area contributed by atoms with Gasteiger partial charge in [-0.25, -0.2) is 51.9 Å². The molecule has 3 saturated heterocycles. The molecule has 0 aliphatic carbocycles. The molecule has 6 atom stereocenters. The normalized spacial score (nSPS) is 17.9. The number of halogens is 10. The van der Waals surface area contributed by atoms with Crippen LogP contribution in [0.3, 0.4) is 0 Å². The van der Waals surface area contributed by atoms with Crippen molar-refractivity contribution in [2.24, 2.45) is 10.8 Å². The second-order valence-electron chi connectivity index (χ2n) is 22.1. The highest BCUT2D eigenvalue weighted by Gasteiger charge is 2.57. The molecule has 2 aromatic carbocycles. The van der Waals surface area contributed by atoms with Crippen LogP contribution in [-0.2, 0) is 55.3 Å². The number of alkyl carbamates (subject to hydrolysis) is 2. The van der Waals surface area contributed by atoms with Gasteiger partial charge >= 0.3 is 45.1 Å². The maximum Gasteiger partial charge on any atom is 0.510 e. The first kappa shape index (κ1) is 69.6. The lowest BCUT2D eigenvalue weighted by Gasteiger charge is -2.47. The van der Waals surface area contributed by atoms with Crippen LogP contribution < -0.4 is 26.3 Å². The Morgan fingerprint density at radius 2 is 1.33 bits per heavy atom.